The second-order valence-electron chi connectivity index (χ2n) is 6.96. The number of hydrogen-bond acceptors (Lipinski definition) is 3. The molecule has 0 spiro atoms. The van der Waals surface area contributed by atoms with Gasteiger partial charge in [-0.3, -0.25) is 9.59 Å². The lowest BCUT2D eigenvalue weighted by atomic mass is 10.1. The maximum Gasteiger partial charge on any atom is 0.253 e. The van der Waals surface area contributed by atoms with Crippen molar-refractivity contribution in [3.05, 3.63) is 35.4 Å². The van der Waals surface area contributed by atoms with Crippen LogP contribution in [0.5, 0.6) is 0 Å². The first-order valence-electron chi connectivity index (χ1n) is 9.61. The summed E-state index contributed by atoms with van der Waals surface area (Å²) in [6.07, 6.45) is 3.53. The van der Waals surface area contributed by atoms with Crippen molar-refractivity contribution < 1.29 is 9.59 Å². The fraction of sp³-hybridized carbons (Fsp3) is 0.550. The highest BCUT2D eigenvalue weighted by molar-refractivity contribution is 5.93. The van der Waals surface area contributed by atoms with E-state index in [1.165, 1.54) is 0 Å². The fourth-order valence-corrected chi connectivity index (χ4v) is 2.51. The minimum absolute atomic E-state index is 0.00854. The highest BCUT2D eigenvalue weighted by atomic mass is 16.2. The van der Waals surface area contributed by atoms with Gasteiger partial charge >= 0.3 is 0 Å². The summed E-state index contributed by atoms with van der Waals surface area (Å²) in [5, 5.41) is 9.46. The molecule has 0 radical (unpaired) electrons. The number of aliphatic imine (C=N–C) groups is 1. The van der Waals surface area contributed by atoms with Crippen LogP contribution in [0.2, 0.25) is 0 Å². The van der Waals surface area contributed by atoms with Crippen LogP contribution in [0.15, 0.2) is 29.3 Å². The standard InChI is InChI=1S/C20H31N5O2/c1-4-21-20(22-13-5-6-18(26)24-17-11-12-17)23-14-15-7-9-16(10-8-15)19(27)25(2)3/h7-10,17H,4-6,11-14H2,1-3H3,(H,24,26)(H2,21,22,23). The van der Waals surface area contributed by atoms with E-state index in [9.17, 15) is 9.59 Å². The molecule has 1 aromatic carbocycles. The second-order valence-corrected chi connectivity index (χ2v) is 6.96. The maximum absolute atomic E-state index is 11.9. The van der Waals surface area contributed by atoms with Gasteiger partial charge in [-0.2, -0.15) is 0 Å². The van der Waals surface area contributed by atoms with Crippen LogP contribution in [0, 0.1) is 0 Å². The number of carbonyl (C=O) groups is 2. The van der Waals surface area contributed by atoms with Crippen molar-refractivity contribution in [1.82, 2.24) is 20.9 Å². The summed E-state index contributed by atoms with van der Waals surface area (Å²) < 4.78 is 0. The monoisotopic (exact) mass is 373 g/mol. The third-order valence-corrected chi connectivity index (χ3v) is 4.19. The molecule has 148 valence electrons. The number of benzene rings is 1. The van der Waals surface area contributed by atoms with Crippen LogP contribution in [0.4, 0.5) is 0 Å². The van der Waals surface area contributed by atoms with E-state index < -0.39 is 0 Å². The molecular formula is C20H31N5O2. The van der Waals surface area contributed by atoms with Gasteiger partial charge in [-0.1, -0.05) is 12.1 Å². The summed E-state index contributed by atoms with van der Waals surface area (Å²) in [5.41, 5.74) is 1.70. The Morgan fingerprint density at radius 3 is 2.44 bits per heavy atom. The molecule has 2 amide bonds. The molecule has 7 nitrogen and oxygen atoms in total. The van der Waals surface area contributed by atoms with Gasteiger partial charge in [-0.25, -0.2) is 4.99 Å². The molecule has 1 saturated carbocycles. The maximum atomic E-state index is 11.9. The minimum atomic E-state index is -0.00854. The highest BCUT2D eigenvalue weighted by Gasteiger charge is 2.22. The summed E-state index contributed by atoms with van der Waals surface area (Å²) in [4.78, 5) is 29.7. The van der Waals surface area contributed by atoms with Crippen molar-refractivity contribution in [1.29, 1.82) is 0 Å². The SMILES string of the molecule is CCNC(=NCc1ccc(C(=O)N(C)C)cc1)NCCCC(=O)NC1CC1. The molecule has 0 aromatic heterocycles. The zero-order chi connectivity index (χ0) is 19.6. The Labute approximate surface area is 161 Å². The Balaban J connectivity index is 1.77. The largest absolute Gasteiger partial charge is 0.357 e. The number of carbonyl (C=O) groups excluding carboxylic acids is 2. The average Bonchev–Trinajstić information content (AvgIpc) is 3.46. The Bertz CT molecular complexity index is 651. The van der Waals surface area contributed by atoms with Crippen molar-refractivity contribution in [2.24, 2.45) is 4.99 Å². The van der Waals surface area contributed by atoms with Gasteiger partial charge < -0.3 is 20.9 Å². The summed E-state index contributed by atoms with van der Waals surface area (Å²) >= 11 is 0. The van der Waals surface area contributed by atoms with E-state index in [-0.39, 0.29) is 11.8 Å². The number of rotatable bonds is 9. The topological polar surface area (TPSA) is 85.8 Å². The Morgan fingerprint density at radius 2 is 1.85 bits per heavy atom. The molecule has 7 heteroatoms. The Morgan fingerprint density at radius 1 is 1.15 bits per heavy atom. The summed E-state index contributed by atoms with van der Waals surface area (Å²) in [6.45, 7) is 4.00. The van der Waals surface area contributed by atoms with E-state index in [2.05, 4.69) is 20.9 Å². The average molecular weight is 374 g/mol. The molecule has 0 unspecified atom stereocenters. The molecule has 1 aromatic rings. The van der Waals surface area contributed by atoms with Gasteiger partial charge in [0, 0.05) is 45.2 Å². The summed E-state index contributed by atoms with van der Waals surface area (Å²) in [5.74, 6) is 0.855. The molecule has 0 bridgehead atoms. The molecule has 0 atom stereocenters. The zero-order valence-corrected chi connectivity index (χ0v) is 16.5. The molecule has 1 fully saturated rings. The lowest BCUT2D eigenvalue weighted by Gasteiger charge is -2.12. The molecule has 2 rings (SSSR count). The molecule has 3 N–H and O–H groups in total. The molecule has 0 aliphatic heterocycles. The number of hydrogen-bond donors (Lipinski definition) is 3. The summed E-state index contributed by atoms with van der Waals surface area (Å²) in [7, 11) is 3.48. The second kappa shape index (κ2) is 10.5. The first-order chi connectivity index (χ1) is 13.0. The van der Waals surface area contributed by atoms with Gasteiger partial charge in [0.2, 0.25) is 5.91 Å². The van der Waals surface area contributed by atoms with Gasteiger partial charge in [-0.15, -0.1) is 0 Å². The third kappa shape index (κ3) is 7.68. The molecular weight excluding hydrogens is 342 g/mol. The first-order valence-corrected chi connectivity index (χ1v) is 9.61. The van der Waals surface area contributed by atoms with E-state index in [0.29, 0.717) is 31.1 Å². The zero-order valence-electron chi connectivity index (χ0n) is 16.5. The van der Waals surface area contributed by atoms with Crippen LogP contribution >= 0.6 is 0 Å². The Kier molecular flexibility index (Phi) is 8.10. The predicted molar refractivity (Wildman–Crippen MR) is 108 cm³/mol. The number of guanidine groups is 1. The first kappa shape index (κ1) is 20.7. The van der Waals surface area contributed by atoms with Gasteiger partial charge in [0.25, 0.3) is 5.91 Å². The van der Waals surface area contributed by atoms with Crippen LogP contribution in [0.25, 0.3) is 0 Å². The van der Waals surface area contributed by atoms with Crippen LogP contribution in [0.1, 0.15) is 48.5 Å². The van der Waals surface area contributed by atoms with Crippen molar-refractivity contribution in [2.45, 2.75) is 45.2 Å². The minimum Gasteiger partial charge on any atom is -0.357 e. The molecule has 0 heterocycles. The highest BCUT2D eigenvalue weighted by Crippen LogP contribution is 2.18. The van der Waals surface area contributed by atoms with E-state index in [1.54, 1.807) is 19.0 Å². The van der Waals surface area contributed by atoms with Crippen LogP contribution in [0.3, 0.4) is 0 Å². The van der Waals surface area contributed by atoms with E-state index in [0.717, 1.165) is 37.3 Å². The number of nitrogens with zero attached hydrogens (tertiary/aromatic N) is 2. The smallest absolute Gasteiger partial charge is 0.253 e. The van der Waals surface area contributed by atoms with E-state index >= 15 is 0 Å². The number of amides is 2. The predicted octanol–water partition coefficient (Wildman–Crippen LogP) is 1.50. The van der Waals surface area contributed by atoms with Gasteiger partial charge in [0.15, 0.2) is 5.96 Å². The van der Waals surface area contributed by atoms with Gasteiger partial charge in [0.1, 0.15) is 0 Å². The summed E-state index contributed by atoms with van der Waals surface area (Å²) in [6, 6.07) is 7.92. The van der Waals surface area contributed by atoms with Gasteiger partial charge in [-0.05, 0) is 43.9 Å². The molecule has 1 aliphatic rings. The lowest BCUT2D eigenvalue weighted by molar-refractivity contribution is -0.121. The van der Waals surface area contributed by atoms with Crippen molar-refractivity contribution in [3.63, 3.8) is 0 Å². The van der Waals surface area contributed by atoms with Crippen molar-refractivity contribution in [3.8, 4) is 0 Å². The third-order valence-electron chi connectivity index (χ3n) is 4.19. The Hall–Kier alpha value is -2.57. The quantitative estimate of drug-likeness (QED) is 0.348. The van der Waals surface area contributed by atoms with Crippen LogP contribution in [-0.2, 0) is 11.3 Å². The van der Waals surface area contributed by atoms with Crippen LogP contribution in [-0.4, -0.2) is 55.9 Å². The van der Waals surface area contributed by atoms with Crippen molar-refractivity contribution in [2.75, 3.05) is 27.2 Å². The van der Waals surface area contributed by atoms with E-state index in [4.69, 9.17) is 0 Å². The molecule has 1 aliphatic carbocycles. The molecule has 27 heavy (non-hydrogen) atoms. The van der Waals surface area contributed by atoms with Gasteiger partial charge in [0.05, 0.1) is 6.54 Å². The fourth-order valence-electron chi connectivity index (χ4n) is 2.51. The normalized spacial score (nSPS) is 13.8. The molecule has 0 saturated heterocycles. The lowest BCUT2D eigenvalue weighted by Crippen LogP contribution is -2.38. The number of nitrogens with one attached hydrogen (secondary N) is 3. The van der Waals surface area contributed by atoms with Crippen molar-refractivity contribution >= 4 is 17.8 Å². The van der Waals surface area contributed by atoms with E-state index in [1.807, 2.05) is 31.2 Å². The van der Waals surface area contributed by atoms with Crippen LogP contribution < -0.4 is 16.0 Å².